The number of aryl methyl sites for hydroxylation is 2. The van der Waals surface area contributed by atoms with Gasteiger partial charge in [-0.05, 0) is 38.1 Å². The molecule has 8 nitrogen and oxygen atoms in total. The Labute approximate surface area is 172 Å². The molecule has 0 aliphatic heterocycles. The number of nitrogens with one attached hydrogen (secondary N) is 1. The smallest absolute Gasteiger partial charge is 0.254 e. The molecular weight excluding hydrogens is 399 g/mol. The molecule has 2 heterocycles. The molecule has 0 unspecified atom stereocenters. The third-order valence-corrected chi connectivity index (χ3v) is 4.45. The van der Waals surface area contributed by atoms with E-state index < -0.39 is 5.82 Å². The Kier molecular flexibility index (Phi) is 6.63. The predicted octanol–water partition coefficient (Wildman–Crippen LogP) is 2.61. The molecule has 3 aromatic rings. The molecule has 0 saturated carbocycles. The van der Waals surface area contributed by atoms with Gasteiger partial charge in [0.2, 0.25) is 0 Å². The molecule has 0 radical (unpaired) electrons. The van der Waals surface area contributed by atoms with Crippen molar-refractivity contribution < 1.29 is 14.6 Å². The number of nitrogens with zero attached hydrogens (tertiary/aromatic N) is 5. The highest BCUT2D eigenvalue weighted by atomic mass is 35.5. The fraction of sp³-hybridized carbons (Fsp3) is 0.316. The Morgan fingerprint density at radius 2 is 1.83 bits per heavy atom. The summed E-state index contributed by atoms with van der Waals surface area (Å²) in [6.07, 6.45) is 0. The highest BCUT2D eigenvalue weighted by Crippen LogP contribution is 2.25. The number of anilines is 3. The van der Waals surface area contributed by atoms with Crippen LogP contribution in [0.15, 0.2) is 30.3 Å². The lowest BCUT2D eigenvalue weighted by atomic mass is 10.3. The lowest BCUT2D eigenvalue weighted by Gasteiger charge is -2.23. The Morgan fingerprint density at radius 1 is 1.10 bits per heavy atom. The first-order valence-electron chi connectivity index (χ1n) is 9.02. The molecule has 0 fully saturated rings. The van der Waals surface area contributed by atoms with Gasteiger partial charge in [-0.2, -0.15) is 15.1 Å². The molecule has 0 spiro atoms. The minimum atomic E-state index is -0.513. The maximum atomic E-state index is 13.5. The molecule has 154 valence electrons. The monoisotopic (exact) mass is 420 g/mol. The summed E-state index contributed by atoms with van der Waals surface area (Å²) in [5.74, 6) is 0.744. The van der Waals surface area contributed by atoms with Crippen LogP contribution in [-0.4, -0.2) is 56.3 Å². The van der Waals surface area contributed by atoms with Crippen molar-refractivity contribution in [2.75, 3.05) is 36.5 Å². The van der Waals surface area contributed by atoms with E-state index in [1.807, 2.05) is 19.9 Å². The first-order chi connectivity index (χ1) is 13.9. The largest absolute Gasteiger partial charge is 0.395 e. The number of hydrogen-bond donors (Lipinski definition) is 3. The van der Waals surface area contributed by atoms with Crippen molar-refractivity contribution >= 4 is 28.9 Å². The van der Waals surface area contributed by atoms with E-state index in [-0.39, 0.29) is 31.3 Å². The number of aliphatic hydroxyl groups is 2. The predicted molar refractivity (Wildman–Crippen MR) is 110 cm³/mol. The zero-order valence-electron chi connectivity index (χ0n) is 16.1. The van der Waals surface area contributed by atoms with Crippen molar-refractivity contribution in [2.45, 2.75) is 13.8 Å². The van der Waals surface area contributed by atoms with Gasteiger partial charge in [0.05, 0.1) is 23.9 Å². The number of aromatic nitrogens is 4. The van der Waals surface area contributed by atoms with Crippen LogP contribution in [0.5, 0.6) is 0 Å². The minimum absolute atomic E-state index is 0.00904. The van der Waals surface area contributed by atoms with Crippen LogP contribution < -0.4 is 10.2 Å². The molecule has 3 rings (SSSR count). The Balaban J connectivity index is 2.06. The molecule has 3 N–H and O–H groups in total. The van der Waals surface area contributed by atoms with E-state index in [0.29, 0.717) is 23.3 Å². The number of benzene rings is 1. The van der Waals surface area contributed by atoms with E-state index >= 15 is 0 Å². The molecular formula is C19H22ClFN6O2. The van der Waals surface area contributed by atoms with Gasteiger partial charge in [0.1, 0.15) is 17.5 Å². The van der Waals surface area contributed by atoms with Gasteiger partial charge in [0, 0.05) is 30.5 Å². The molecule has 29 heavy (non-hydrogen) atoms. The van der Waals surface area contributed by atoms with Crippen LogP contribution in [0, 0.1) is 19.7 Å². The highest BCUT2D eigenvalue weighted by Gasteiger charge is 2.15. The number of hydrogen-bond acceptors (Lipinski definition) is 7. The van der Waals surface area contributed by atoms with Crippen molar-refractivity contribution in [1.82, 2.24) is 19.7 Å². The zero-order valence-corrected chi connectivity index (χ0v) is 16.9. The van der Waals surface area contributed by atoms with Crippen LogP contribution in [0.25, 0.3) is 5.95 Å². The van der Waals surface area contributed by atoms with Gasteiger partial charge in [-0.15, -0.1) is 0 Å². The van der Waals surface area contributed by atoms with Gasteiger partial charge in [-0.3, -0.25) is 0 Å². The maximum Gasteiger partial charge on any atom is 0.254 e. The molecule has 0 bridgehead atoms. The van der Waals surface area contributed by atoms with Crippen molar-refractivity contribution in [3.63, 3.8) is 0 Å². The van der Waals surface area contributed by atoms with E-state index in [4.69, 9.17) is 11.6 Å². The number of rotatable bonds is 8. The number of aliphatic hydroxyl groups excluding tert-OH is 2. The SMILES string of the molecule is Cc1cc(C)n(-c2nc(Nc3ccc(F)c(Cl)c3)cc(N(CCO)CCO)n2)n1. The molecule has 0 aliphatic carbocycles. The van der Waals surface area contributed by atoms with E-state index in [0.717, 1.165) is 11.4 Å². The van der Waals surface area contributed by atoms with Gasteiger partial charge >= 0.3 is 0 Å². The second-order valence-corrected chi connectivity index (χ2v) is 6.85. The normalized spacial score (nSPS) is 11.0. The quantitative estimate of drug-likeness (QED) is 0.515. The molecule has 2 aromatic heterocycles. The highest BCUT2D eigenvalue weighted by molar-refractivity contribution is 6.31. The lowest BCUT2D eigenvalue weighted by molar-refractivity contribution is 0.280. The molecule has 0 amide bonds. The summed E-state index contributed by atoms with van der Waals surface area (Å²) in [6, 6.07) is 7.85. The van der Waals surface area contributed by atoms with Crippen LogP contribution in [-0.2, 0) is 0 Å². The van der Waals surface area contributed by atoms with Crippen molar-refractivity contribution in [2.24, 2.45) is 0 Å². The summed E-state index contributed by atoms with van der Waals surface area (Å²) in [4.78, 5) is 10.8. The fourth-order valence-corrected chi connectivity index (χ4v) is 3.06. The summed E-state index contributed by atoms with van der Waals surface area (Å²) in [5, 5.41) is 26.2. The van der Waals surface area contributed by atoms with E-state index in [9.17, 15) is 14.6 Å². The van der Waals surface area contributed by atoms with Gasteiger partial charge < -0.3 is 20.4 Å². The average Bonchev–Trinajstić information content (AvgIpc) is 3.02. The molecule has 0 atom stereocenters. The van der Waals surface area contributed by atoms with E-state index in [1.54, 1.807) is 21.7 Å². The van der Waals surface area contributed by atoms with Crippen LogP contribution >= 0.6 is 11.6 Å². The van der Waals surface area contributed by atoms with Gasteiger partial charge in [-0.25, -0.2) is 9.07 Å². The molecule has 0 aliphatic rings. The fourth-order valence-electron chi connectivity index (χ4n) is 2.88. The van der Waals surface area contributed by atoms with Crippen molar-refractivity contribution in [3.05, 3.63) is 52.6 Å². The van der Waals surface area contributed by atoms with Crippen molar-refractivity contribution in [3.8, 4) is 5.95 Å². The van der Waals surface area contributed by atoms with Gasteiger partial charge in [0.15, 0.2) is 0 Å². The third kappa shape index (κ3) is 5.00. The van der Waals surface area contributed by atoms with Crippen LogP contribution in [0.1, 0.15) is 11.4 Å². The average molecular weight is 421 g/mol. The topological polar surface area (TPSA) is 99.3 Å². The van der Waals surface area contributed by atoms with Crippen LogP contribution in [0.4, 0.5) is 21.7 Å². The van der Waals surface area contributed by atoms with Gasteiger partial charge in [-0.1, -0.05) is 11.6 Å². The summed E-state index contributed by atoms with van der Waals surface area (Å²) in [5.41, 5.74) is 2.22. The van der Waals surface area contributed by atoms with Crippen molar-refractivity contribution in [1.29, 1.82) is 0 Å². The third-order valence-electron chi connectivity index (χ3n) is 4.16. The lowest BCUT2D eigenvalue weighted by Crippen LogP contribution is -2.31. The first kappa shape index (κ1) is 21.0. The maximum absolute atomic E-state index is 13.5. The molecule has 10 heteroatoms. The molecule has 1 aromatic carbocycles. The Morgan fingerprint density at radius 3 is 2.41 bits per heavy atom. The Bertz CT molecular complexity index is 991. The summed E-state index contributed by atoms with van der Waals surface area (Å²) >= 11 is 5.87. The van der Waals surface area contributed by atoms with Crippen LogP contribution in [0.2, 0.25) is 5.02 Å². The summed E-state index contributed by atoms with van der Waals surface area (Å²) < 4.78 is 15.1. The first-order valence-corrected chi connectivity index (χ1v) is 9.40. The summed E-state index contributed by atoms with van der Waals surface area (Å²) in [7, 11) is 0. The van der Waals surface area contributed by atoms with Crippen LogP contribution in [0.3, 0.4) is 0 Å². The zero-order chi connectivity index (χ0) is 21.0. The second kappa shape index (κ2) is 9.17. The Hall–Kier alpha value is -2.75. The standard InChI is InChI=1S/C19H22ClFN6O2/c1-12-9-13(2)27(25-12)19-23-17(22-14-3-4-16(21)15(20)10-14)11-18(24-19)26(5-7-28)6-8-29/h3-4,9-11,28-29H,5-8H2,1-2H3,(H,22,23,24). The minimum Gasteiger partial charge on any atom is -0.395 e. The second-order valence-electron chi connectivity index (χ2n) is 6.44. The number of halogens is 2. The van der Waals surface area contributed by atoms with E-state index in [1.165, 1.54) is 12.1 Å². The molecule has 0 saturated heterocycles. The van der Waals surface area contributed by atoms with Gasteiger partial charge in [0.25, 0.3) is 5.95 Å². The van der Waals surface area contributed by atoms with E-state index in [2.05, 4.69) is 20.4 Å². The summed E-state index contributed by atoms with van der Waals surface area (Å²) in [6.45, 7) is 4.13.